The normalized spacial score (nSPS) is 10.1. The van der Waals surface area contributed by atoms with E-state index in [2.05, 4.69) is 15.9 Å². The second kappa shape index (κ2) is 5.72. The third-order valence-electron chi connectivity index (χ3n) is 2.65. The van der Waals surface area contributed by atoms with Crippen molar-refractivity contribution in [2.45, 2.75) is 6.42 Å². The van der Waals surface area contributed by atoms with Gasteiger partial charge in [0.15, 0.2) is 6.61 Å². The molecular weight excluding hydrogens is 308 g/mol. The first-order chi connectivity index (χ1) is 9.11. The predicted molar refractivity (Wildman–Crippen MR) is 75.7 cm³/mol. The molecule has 0 aliphatic heterocycles. The molecule has 96 valence electrons. The van der Waals surface area contributed by atoms with Gasteiger partial charge in [-0.15, -0.1) is 0 Å². The van der Waals surface area contributed by atoms with E-state index < -0.39 is 0 Å². The number of ether oxygens (including phenoxy) is 1. The van der Waals surface area contributed by atoms with Crippen LogP contribution in [-0.4, -0.2) is 12.5 Å². The number of fused-ring (bicyclic) bond motifs is 1. The molecule has 0 radical (unpaired) electrons. The van der Waals surface area contributed by atoms with Gasteiger partial charge in [0.25, 0.3) is 0 Å². The number of amides is 1. The van der Waals surface area contributed by atoms with Crippen LogP contribution < -0.4 is 10.5 Å². The van der Waals surface area contributed by atoms with E-state index in [0.717, 1.165) is 20.8 Å². The first kappa shape index (κ1) is 13.4. The van der Waals surface area contributed by atoms with E-state index >= 15 is 0 Å². The Kier molecular flexibility index (Phi) is 4.03. The van der Waals surface area contributed by atoms with Crippen LogP contribution in [0.3, 0.4) is 0 Å². The van der Waals surface area contributed by atoms with E-state index in [1.807, 2.05) is 30.3 Å². The van der Waals surface area contributed by atoms with Crippen LogP contribution in [0, 0.1) is 11.3 Å². The molecule has 0 aliphatic rings. The van der Waals surface area contributed by atoms with Crippen molar-refractivity contribution in [1.29, 1.82) is 5.26 Å². The van der Waals surface area contributed by atoms with Gasteiger partial charge in [0.2, 0.25) is 5.91 Å². The summed E-state index contributed by atoms with van der Waals surface area (Å²) in [6, 6.07) is 11.3. The van der Waals surface area contributed by atoms with E-state index in [-0.39, 0.29) is 18.9 Å². The summed E-state index contributed by atoms with van der Waals surface area (Å²) < 4.78 is 6.10. The molecule has 0 spiro atoms. The molecule has 0 atom stereocenters. The van der Waals surface area contributed by atoms with Crippen LogP contribution in [0.4, 0.5) is 0 Å². The van der Waals surface area contributed by atoms with Gasteiger partial charge in [-0.3, -0.25) is 4.79 Å². The van der Waals surface area contributed by atoms with Crippen molar-refractivity contribution >= 4 is 32.6 Å². The molecule has 4 nitrogen and oxygen atoms in total. The molecule has 2 rings (SSSR count). The third-order valence-corrected chi connectivity index (χ3v) is 3.47. The van der Waals surface area contributed by atoms with E-state index in [0.29, 0.717) is 5.75 Å². The van der Waals surface area contributed by atoms with Gasteiger partial charge in [0.05, 0.1) is 10.9 Å². The van der Waals surface area contributed by atoms with Crippen molar-refractivity contribution in [2.75, 3.05) is 6.61 Å². The summed E-state index contributed by atoms with van der Waals surface area (Å²) in [5.74, 6) is 0.268. The Labute approximate surface area is 118 Å². The fourth-order valence-electron chi connectivity index (χ4n) is 1.85. The largest absolute Gasteiger partial charge is 0.478 e. The molecule has 2 aromatic rings. The lowest BCUT2D eigenvalue weighted by Crippen LogP contribution is -2.13. The molecule has 0 heterocycles. The topological polar surface area (TPSA) is 76.1 Å². The highest BCUT2D eigenvalue weighted by Gasteiger charge is 2.07. The SMILES string of the molecule is N#CCOc1ccc2cc(CC(N)=O)ccc2c1Br. The molecule has 0 fully saturated rings. The Balaban J connectivity index is 2.42. The molecule has 1 amide bonds. The van der Waals surface area contributed by atoms with Crippen LogP contribution in [0.25, 0.3) is 10.8 Å². The highest BCUT2D eigenvalue weighted by atomic mass is 79.9. The van der Waals surface area contributed by atoms with Crippen LogP contribution >= 0.6 is 15.9 Å². The van der Waals surface area contributed by atoms with Crippen molar-refractivity contribution in [3.63, 3.8) is 0 Å². The number of carbonyl (C=O) groups is 1. The molecule has 5 heteroatoms. The monoisotopic (exact) mass is 318 g/mol. The Bertz CT molecular complexity index is 677. The number of halogens is 1. The maximum absolute atomic E-state index is 10.9. The minimum Gasteiger partial charge on any atom is -0.478 e. The maximum atomic E-state index is 10.9. The molecule has 2 N–H and O–H groups in total. The van der Waals surface area contributed by atoms with Gasteiger partial charge in [-0.05, 0) is 38.3 Å². The zero-order valence-electron chi connectivity index (χ0n) is 10.0. The Hall–Kier alpha value is -2.06. The minimum absolute atomic E-state index is 0.00383. The van der Waals surface area contributed by atoms with Crippen LogP contribution in [0.1, 0.15) is 5.56 Å². The molecular formula is C14H11BrN2O2. The maximum Gasteiger partial charge on any atom is 0.221 e. The summed E-state index contributed by atoms with van der Waals surface area (Å²) in [5, 5.41) is 10.5. The van der Waals surface area contributed by atoms with Gasteiger partial charge in [-0.2, -0.15) is 5.26 Å². The molecule has 19 heavy (non-hydrogen) atoms. The number of rotatable bonds is 4. The van der Waals surface area contributed by atoms with E-state index in [1.165, 1.54) is 0 Å². The molecule has 0 bridgehead atoms. The second-order valence-electron chi connectivity index (χ2n) is 4.02. The van der Waals surface area contributed by atoms with E-state index in [4.69, 9.17) is 15.7 Å². The average Bonchev–Trinajstić information content (AvgIpc) is 2.37. The molecule has 0 saturated heterocycles. The first-order valence-electron chi connectivity index (χ1n) is 5.61. The lowest BCUT2D eigenvalue weighted by Gasteiger charge is -2.09. The zero-order chi connectivity index (χ0) is 13.8. The van der Waals surface area contributed by atoms with Gasteiger partial charge in [0.1, 0.15) is 11.8 Å². The minimum atomic E-state index is -0.354. The summed E-state index contributed by atoms with van der Waals surface area (Å²) in [5.41, 5.74) is 6.05. The van der Waals surface area contributed by atoms with Crippen molar-refractivity contribution in [3.05, 3.63) is 40.4 Å². The number of primary amides is 1. The Morgan fingerprint density at radius 2 is 2.16 bits per heavy atom. The highest BCUT2D eigenvalue weighted by molar-refractivity contribution is 9.10. The number of carbonyl (C=O) groups excluding carboxylic acids is 1. The van der Waals surface area contributed by atoms with Crippen molar-refractivity contribution in [2.24, 2.45) is 5.73 Å². The molecule has 0 aliphatic carbocycles. The summed E-state index contributed by atoms with van der Waals surface area (Å²) in [6.45, 7) is 0.00383. The third kappa shape index (κ3) is 3.04. The van der Waals surface area contributed by atoms with Crippen LogP contribution in [-0.2, 0) is 11.2 Å². The van der Waals surface area contributed by atoms with Crippen molar-refractivity contribution < 1.29 is 9.53 Å². The average molecular weight is 319 g/mol. The first-order valence-corrected chi connectivity index (χ1v) is 6.40. The Morgan fingerprint density at radius 3 is 2.84 bits per heavy atom. The lowest BCUT2D eigenvalue weighted by atomic mass is 10.0. The quantitative estimate of drug-likeness (QED) is 0.941. The Morgan fingerprint density at radius 1 is 1.37 bits per heavy atom. The summed E-state index contributed by atoms with van der Waals surface area (Å²) in [6.07, 6.45) is 0.222. The lowest BCUT2D eigenvalue weighted by molar-refractivity contribution is -0.117. The van der Waals surface area contributed by atoms with Gasteiger partial charge < -0.3 is 10.5 Å². The summed E-state index contributed by atoms with van der Waals surface area (Å²) in [7, 11) is 0. The van der Waals surface area contributed by atoms with Gasteiger partial charge in [-0.1, -0.05) is 24.3 Å². The number of nitrogens with two attached hydrogens (primary N) is 1. The van der Waals surface area contributed by atoms with Crippen LogP contribution in [0.5, 0.6) is 5.75 Å². The zero-order valence-corrected chi connectivity index (χ0v) is 11.6. The van der Waals surface area contributed by atoms with Gasteiger partial charge in [-0.25, -0.2) is 0 Å². The molecule has 2 aromatic carbocycles. The standard InChI is InChI=1S/C14H11BrN2O2/c15-14-11-3-1-9(8-13(17)18)7-10(11)2-4-12(14)19-6-5-16/h1-4,7H,6,8H2,(H2,17,18). The van der Waals surface area contributed by atoms with E-state index in [9.17, 15) is 4.79 Å². The number of hydrogen-bond acceptors (Lipinski definition) is 3. The van der Waals surface area contributed by atoms with Gasteiger partial charge >= 0.3 is 0 Å². The fraction of sp³-hybridized carbons (Fsp3) is 0.143. The predicted octanol–water partition coefficient (Wildman–Crippen LogP) is 2.53. The second-order valence-corrected chi connectivity index (χ2v) is 4.82. The number of hydrogen-bond donors (Lipinski definition) is 1. The van der Waals surface area contributed by atoms with Crippen molar-refractivity contribution in [3.8, 4) is 11.8 Å². The van der Waals surface area contributed by atoms with Crippen LogP contribution in [0.2, 0.25) is 0 Å². The van der Waals surface area contributed by atoms with Crippen molar-refractivity contribution in [1.82, 2.24) is 0 Å². The number of nitrogens with zero attached hydrogens (tertiary/aromatic N) is 1. The molecule has 0 unspecified atom stereocenters. The van der Waals surface area contributed by atoms with Gasteiger partial charge in [0, 0.05) is 0 Å². The highest BCUT2D eigenvalue weighted by Crippen LogP contribution is 2.33. The fourth-order valence-corrected chi connectivity index (χ4v) is 2.46. The number of benzene rings is 2. The molecule has 0 aromatic heterocycles. The van der Waals surface area contributed by atoms with E-state index in [1.54, 1.807) is 6.07 Å². The smallest absolute Gasteiger partial charge is 0.221 e. The summed E-state index contributed by atoms with van der Waals surface area (Å²) >= 11 is 3.46. The summed E-state index contributed by atoms with van der Waals surface area (Å²) in [4.78, 5) is 10.9. The number of nitriles is 1. The van der Waals surface area contributed by atoms with Crippen LogP contribution in [0.15, 0.2) is 34.8 Å². The molecule has 0 saturated carbocycles.